The van der Waals surface area contributed by atoms with E-state index in [1.165, 1.54) is 16.7 Å². The number of pyridine rings is 3. The predicted octanol–water partition coefficient (Wildman–Crippen LogP) is 10.7. The topological polar surface area (TPSA) is 51.8 Å². The number of aromatic nitrogens is 3. The summed E-state index contributed by atoms with van der Waals surface area (Å²) in [5.74, 6) is 0. The van der Waals surface area contributed by atoms with Crippen molar-refractivity contribution < 1.29 is 4.42 Å². The summed E-state index contributed by atoms with van der Waals surface area (Å²) in [5.41, 5.74) is 12.1. The van der Waals surface area contributed by atoms with E-state index in [1.807, 2.05) is 42.6 Å². The van der Waals surface area contributed by atoms with Gasteiger partial charge in [0, 0.05) is 45.9 Å². The second kappa shape index (κ2) is 10.2. The fraction of sp³-hybridized carbons (Fsp3) is 0. The van der Waals surface area contributed by atoms with Crippen molar-refractivity contribution in [3.8, 4) is 44.6 Å². The Morgan fingerprint density at radius 2 is 1.07 bits per heavy atom. The standard InChI is InChI=1S/C41H25N3O/c1-2-6-26(7-3-1)27-10-12-28(13-11-27)29-14-16-31(17-15-29)39-35-19-18-34-33-8-4-5-9-37(33)45-41(34)38(35)40-36(44-39)24-32(25-43-40)30-20-22-42-23-21-30/h1-25H. The molecule has 0 aliphatic carbocycles. The minimum atomic E-state index is 0.820. The number of hydrogen-bond donors (Lipinski definition) is 0. The fourth-order valence-corrected chi connectivity index (χ4v) is 6.36. The maximum absolute atomic E-state index is 6.52. The van der Waals surface area contributed by atoms with Crippen LogP contribution >= 0.6 is 0 Å². The third-order valence-electron chi connectivity index (χ3n) is 8.64. The summed E-state index contributed by atoms with van der Waals surface area (Å²) in [6.45, 7) is 0. The van der Waals surface area contributed by atoms with Gasteiger partial charge in [0.2, 0.25) is 0 Å². The van der Waals surface area contributed by atoms with Crippen molar-refractivity contribution in [1.82, 2.24) is 15.0 Å². The summed E-state index contributed by atoms with van der Waals surface area (Å²) < 4.78 is 6.52. The van der Waals surface area contributed by atoms with Crippen LogP contribution in [0.1, 0.15) is 0 Å². The molecule has 0 bridgehead atoms. The minimum Gasteiger partial charge on any atom is -0.455 e. The molecule has 4 heterocycles. The molecular formula is C41H25N3O. The molecule has 0 radical (unpaired) electrons. The maximum atomic E-state index is 6.52. The number of para-hydroxylation sites is 1. The number of hydrogen-bond acceptors (Lipinski definition) is 4. The highest BCUT2D eigenvalue weighted by atomic mass is 16.3. The molecule has 9 rings (SSSR count). The van der Waals surface area contributed by atoms with Crippen LogP contribution < -0.4 is 0 Å². The molecule has 4 heteroatoms. The summed E-state index contributed by atoms with van der Waals surface area (Å²) in [6, 6.07) is 46.5. The van der Waals surface area contributed by atoms with E-state index in [9.17, 15) is 0 Å². The molecule has 9 aromatic rings. The Labute approximate surface area is 259 Å². The summed E-state index contributed by atoms with van der Waals surface area (Å²) >= 11 is 0. The van der Waals surface area contributed by atoms with E-state index in [1.54, 1.807) is 12.4 Å². The van der Waals surface area contributed by atoms with Gasteiger partial charge in [-0.1, -0.05) is 103 Å². The smallest absolute Gasteiger partial charge is 0.145 e. The molecule has 0 saturated carbocycles. The second-order valence-corrected chi connectivity index (χ2v) is 11.3. The molecule has 4 nitrogen and oxygen atoms in total. The van der Waals surface area contributed by atoms with E-state index < -0.39 is 0 Å². The van der Waals surface area contributed by atoms with Crippen LogP contribution in [0.15, 0.2) is 156 Å². The molecule has 5 aromatic carbocycles. The van der Waals surface area contributed by atoms with Crippen LogP contribution in [0.5, 0.6) is 0 Å². The van der Waals surface area contributed by atoms with Gasteiger partial charge in [-0.25, -0.2) is 4.98 Å². The molecule has 0 aliphatic heterocycles. The molecular weight excluding hydrogens is 550 g/mol. The van der Waals surface area contributed by atoms with Crippen molar-refractivity contribution in [1.29, 1.82) is 0 Å². The lowest BCUT2D eigenvalue weighted by atomic mass is 9.96. The quantitative estimate of drug-likeness (QED) is 0.196. The molecule has 0 amide bonds. The SMILES string of the molecule is c1ccc(-c2ccc(-c3ccc(-c4nc5cc(-c6ccncc6)cnc5c5c4ccc4c6ccccc6oc45)cc3)cc2)cc1. The van der Waals surface area contributed by atoms with Crippen molar-refractivity contribution >= 4 is 43.7 Å². The Balaban J connectivity index is 1.22. The number of benzene rings is 5. The van der Waals surface area contributed by atoms with Crippen LogP contribution in [0, 0.1) is 0 Å². The van der Waals surface area contributed by atoms with Crippen LogP contribution in [-0.2, 0) is 0 Å². The van der Waals surface area contributed by atoms with Gasteiger partial charge in [-0.15, -0.1) is 0 Å². The van der Waals surface area contributed by atoms with E-state index in [0.29, 0.717) is 0 Å². The molecule has 0 N–H and O–H groups in total. The first kappa shape index (κ1) is 25.4. The highest BCUT2D eigenvalue weighted by Crippen LogP contribution is 2.41. The second-order valence-electron chi connectivity index (χ2n) is 11.3. The highest BCUT2D eigenvalue weighted by molar-refractivity contribution is 6.24. The van der Waals surface area contributed by atoms with E-state index in [0.717, 1.165) is 71.7 Å². The number of nitrogens with zero attached hydrogens (tertiary/aromatic N) is 3. The zero-order valence-electron chi connectivity index (χ0n) is 24.2. The molecule has 0 unspecified atom stereocenters. The molecule has 0 spiro atoms. The zero-order valence-corrected chi connectivity index (χ0v) is 24.2. The van der Waals surface area contributed by atoms with Crippen molar-refractivity contribution in [3.63, 3.8) is 0 Å². The van der Waals surface area contributed by atoms with Crippen LogP contribution in [-0.4, -0.2) is 15.0 Å². The predicted molar refractivity (Wildman–Crippen MR) is 184 cm³/mol. The summed E-state index contributed by atoms with van der Waals surface area (Å²) in [7, 11) is 0. The van der Waals surface area contributed by atoms with Crippen molar-refractivity contribution in [2.45, 2.75) is 0 Å². The van der Waals surface area contributed by atoms with Crippen LogP contribution in [0.2, 0.25) is 0 Å². The maximum Gasteiger partial charge on any atom is 0.145 e. The van der Waals surface area contributed by atoms with Gasteiger partial charge in [0.15, 0.2) is 0 Å². The van der Waals surface area contributed by atoms with Gasteiger partial charge in [0.25, 0.3) is 0 Å². The summed E-state index contributed by atoms with van der Waals surface area (Å²) in [4.78, 5) is 14.4. The van der Waals surface area contributed by atoms with Gasteiger partial charge in [0.1, 0.15) is 16.7 Å². The molecule has 0 aliphatic rings. The fourth-order valence-electron chi connectivity index (χ4n) is 6.36. The van der Waals surface area contributed by atoms with Gasteiger partial charge in [-0.05, 0) is 58.1 Å². The lowest BCUT2D eigenvalue weighted by Crippen LogP contribution is -1.93. The van der Waals surface area contributed by atoms with Crippen LogP contribution in [0.4, 0.5) is 0 Å². The van der Waals surface area contributed by atoms with Crippen molar-refractivity contribution in [2.75, 3.05) is 0 Å². The number of furan rings is 1. The lowest BCUT2D eigenvalue weighted by Gasteiger charge is -2.12. The van der Waals surface area contributed by atoms with Crippen LogP contribution in [0.3, 0.4) is 0 Å². The Bertz CT molecular complexity index is 2500. The first-order chi connectivity index (χ1) is 22.3. The first-order valence-corrected chi connectivity index (χ1v) is 15.0. The Morgan fingerprint density at radius 3 is 1.80 bits per heavy atom. The molecule has 0 saturated heterocycles. The largest absolute Gasteiger partial charge is 0.455 e. The average molecular weight is 576 g/mol. The van der Waals surface area contributed by atoms with E-state index >= 15 is 0 Å². The Kier molecular flexibility index (Phi) is 5.78. The van der Waals surface area contributed by atoms with Gasteiger partial charge < -0.3 is 4.42 Å². The first-order valence-electron chi connectivity index (χ1n) is 15.0. The summed E-state index contributed by atoms with van der Waals surface area (Å²) in [5, 5.41) is 4.16. The molecule has 45 heavy (non-hydrogen) atoms. The zero-order chi connectivity index (χ0) is 29.7. The third kappa shape index (κ3) is 4.27. The minimum absolute atomic E-state index is 0.820. The normalized spacial score (nSPS) is 11.6. The van der Waals surface area contributed by atoms with Gasteiger partial charge >= 0.3 is 0 Å². The van der Waals surface area contributed by atoms with Gasteiger partial charge in [-0.2, -0.15) is 0 Å². The van der Waals surface area contributed by atoms with E-state index in [-0.39, 0.29) is 0 Å². The van der Waals surface area contributed by atoms with E-state index in [2.05, 4.69) is 102 Å². The molecule has 0 atom stereocenters. The van der Waals surface area contributed by atoms with Crippen molar-refractivity contribution in [2.24, 2.45) is 0 Å². The van der Waals surface area contributed by atoms with Crippen molar-refractivity contribution in [3.05, 3.63) is 152 Å². The molecule has 0 fully saturated rings. The number of fused-ring (bicyclic) bond motifs is 7. The Hall–Kier alpha value is -6.13. The van der Waals surface area contributed by atoms with E-state index in [4.69, 9.17) is 14.4 Å². The monoisotopic (exact) mass is 575 g/mol. The molecule has 210 valence electrons. The average Bonchev–Trinajstić information content (AvgIpc) is 3.51. The number of rotatable bonds is 4. The van der Waals surface area contributed by atoms with Crippen LogP contribution in [0.25, 0.3) is 88.4 Å². The highest BCUT2D eigenvalue weighted by Gasteiger charge is 2.18. The lowest BCUT2D eigenvalue weighted by molar-refractivity contribution is 0.673. The van der Waals surface area contributed by atoms with Gasteiger partial charge in [0.05, 0.1) is 16.6 Å². The van der Waals surface area contributed by atoms with Gasteiger partial charge in [-0.3, -0.25) is 9.97 Å². The Morgan fingerprint density at radius 1 is 0.467 bits per heavy atom. The molecule has 4 aromatic heterocycles. The summed E-state index contributed by atoms with van der Waals surface area (Å²) in [6.07, 6.45) is 5.51. The third-order valence-corrected chi connectivity index (χ3v) is 8.64.